The first kappa shape index (κ1) is 11.7. The van der Waals surface area contributed by atoms with Crippen molar-refractivity contribution in [3.8, 4) is 10.4 Å². The Hall–Kier alpha value is -2.13. The van der Waals surface area contributed by atoms with Gasteiger partial charge in [-0.1, -0.05) is 36.4 Å². The van der Waals surface area contributed by atoms with Crippen molar-refractivity contribution in [1.82, 2.24) is 0 Å². The molecule has 0 unspecified atom stereocenters. The average molecular weight is 280 g/mol. The predicted molar refractivity (Wildman–Crippen MR) is 81.6 cm³/mol. The first-order chi connectivity index (χ1) is 9.74. The molecule has 98 valence electrons. The van der Waals surface area contributed by atoms with Gasteiger partial charge in [-0.2, -0.15) is 0 Å². The number of carboxylic acids is 1. The summed E-state index contributed by atoms with van der Waals surface area (Å²) in [6.45, 7) is 0. The summed E-state index contributed by atoms with van der Waals surface area (Å²) in [6, 6.07) is 14.5. The minimum atomic E-state index is -0.827. The molecule has 20 heavy (non-hydrogen) atoms. The van der Waals surface area contributed by atoms with Crippen molar-refractivity contribution >= 4 is 28.1 Å². The van der Waals surface area contributed by atoms with E-state index >= 15 is 0 Å². The van der Waals surface area contributed by atoms with Gasteiger partial charge in [0.15, 0.2) is 0 Å². The van der Waals surface area contributed by atoms with Gasteiger partial charge in [-0.15, -0.1) is 11.3 Å². The Bertz CT molecular complexity index is 845. The monoisotopic (exact) mass is 280 g/mol. The van der Waals surface area contributed by atoms with Crippen LogP contribution in [0, 0.1) is 0 Å². The van der Waals surface area contributed by atoms with Crippen LogP contribution < -0.4 is 0 Å². The fourth-order valence-electron chi connectivity index (χ4n) is 3.03. The normalized spacial score (nSPS) is 13.0. The molecule has 3 heteroatoms. The lowest BCUT2D eigenvalue weighted by atomic mass is 9.88. The van der Waals surface area contributed by atoms with Gasteiger partial charge in [0, 0.05) is 4.88 Å². The van der Waals surface area contributed by atoms with Crippen molar-refractivity contribution in [2.45, 2.75) is 12.8 Å². The highest BCUT2D eigenvalue weighted by Crippen LogP contribution is 2.42. The van der Waals surface area contributed by atoms with E-state index in [0.29, 0.717) is 4.88 Å². The van der Waals surface area contributed by atoms with Gasteiger partial charge in [-0.05, 0) is 46.4 Å². The van der Waals surface area contributed by atoms with Crippen molar-refractivity contribution in [2.24, 2.45) is 0 Å². The maximum absolute atomic E-state index is 11.2. The lowest BCUT2D eigenvalue weighted by molar-refractivity contribution is 0.0702. The molecule has 2 aromatic carbocycles. The number of aromatic carboxylic acids is 1. The summed E-state index contributed by atoms with van der Waals surface area (Å²) in [4.78, 5) is 12.7. The van der Waals surface area contributed by atoms with E-state index < -0.39 is 5.97 Å². The Labute approximate surface area is 120 Å². The molecule has 0 radical (unpaired) electrons. The third kappa shape index (κ3) is 1.60. The SMILES string of the molecule is O=C(O)c1cc2c(s1)-c1ccc3ccccc3c1CC2. The van der Waals surface area contributed by atoms with Gasteiger partial charge in [0.05, 0.1) is 0 Å². The summed E-state index contributed by atoms with van der Waals surface area (Å²) in [7, 11) is 0. The topological polar surface area (TPSA) is 37.3 Å². The molecule has 1 aromatic heterocycles. The lowest BCUT2D eigenvalue weighted by Gasteiger charge is -2.18. The van der Waals surface area contributed by atoms with Crippen LogP contribution in [0.2, 0.25) is 0 Å². The van der Waals surface area contributed by atoms with Crippen LogP contribution in [0.15, 0.2) is 42.5 Å². The van der Waals surface area contributed by atoms with E-state index in [0.717, 1.165) is 17.7 Å². The Morgan fingerprint density at radius 2 is 1.95 bits per heavy atom. The van der Waals surface area contributed by atoms with E-state index in [1.165, 1.54) is 38.8 Å². The quantitative estimate of drug-likeness (QED) is 0.719. The largest absolute Gasteiger partial charge is 0.477 e. The number of rotatable bonds is 1. The van der Waals surface area contributed by atoms with E-state index in [1.54, 1.807) is 0 Å². The van der Waals surface area contributed by atoms with E-state index in [-0.39, 0.29) is 0 Å². The minimum Gasteiger partial charge on any atom is -0.477 e. The fourth-order valence-corrected chi connectivity index (χ4v) is 4.13. The second kappa shape index (κ2) is 4.18. The number of carbonyl (C=O) groups is 1. The summed E-state index contributed by atoms with van der Waals surface area (Å²) >= 11 is 1.40. The minimum absolute atomic E-state index is 0.441. The highest BCUT2D eigenvalue weighted by Gasteiger charge is 2.22. The van der Waals surface area contributed by atoms with E-state index in [1.807, 2.05) is 6.07 Å². The number of benzene rings is 2. The molecule has 0 aliphatic heterocycles. The van der Waals surface area contributed by atoms with Gasteiger partial charge < -0.3 is 5.11 Å². The Morgan fingerprint density at radius 3 is 2.80 bits per heavy atom. The van der Waals surface area contributed by atoms with Crippen molar-refractivity contribution in [3.63, 3.8) is 0 Å². The van der Waals surface area contributed by atoms with Crippen LogP contribution in [0.25, 0.3) is 21.2 Å². The predicted octanol–water partition coefficient (Wildman–Crippen LogP) is 4.37. The molecule has 0 saturated carbocycles. The van der Waals surface area contributed by atoms with E-state index in [9.17, 15) is 4.79 Å². The summed E-state index contributed by atoms with van der Waals surface area (Å²) in [6.07, 6.45) is 1.92. The smallest absolute Gasteiger partial charge is 0.345 e. The number of thiophene rings is 1. The van der Waals surface area contributed by atoms with Gasteiger partial charge in [-0.3, -0.25) is 0 Å². The molecular weight excluding hydrogens is 268 g/mol. The van der Waals surface area contributed by atoms with Gasteiger partial charge >= 0.3 is 5.97 Å². The number of fused-ring (bicyclic) bond motifs is 5. The molecule has 1 N–H and O–H groups in total. The maximum atomic E-state index is 11.2. The molecule has 1 heterocycles. The maximum Gasteiger partial charge on any atom is 0.345 e. The Balaban J connectivity index is 2.00. The van der Waals surface area contributed by atoms with Gasteiger partial charge in [0.2, 0.25) is 0 Å². The standard InChI is InChI=1S/C17H12O2S/c18-17(19)15-9-11-6-7-13-12-4-2-1-3-10(12)5-8-14(13)16(11)20-15/h1-5,8-9H,6-7H2,(H,18,19). The van der Waals surface area contributed by atoms with Gasteiger partial charge in [0.1, 0.15) is 4.88 Å². The van der Waals surface area contributed by atoms with Crippen LogP contribution in [0.4, 0.5) is 0 Å². The molecule has 3 aromatic rings. The van der Waals surface area contributed by atoms with Crippen molar-refractivity contribution < 1.29 is 9.90 Å². The van der Waals surface area contributed by atoms with E-state index in [2.05, 4.69) is 36.4 Å². The number of hydrogen-bond acceptors (Lipinski definition) is 2. The van der Waals surface area contributed by atoms with Gasteiger partial charge in [0.25, 0.3) is 0 Å². The van der Waals surface area contributed by atoms with E-state index in [4.69, 9.17) is 5.11 Å². The molecule has 0 bridgehead atoms. The first-order valence-electron chi connectivity index (χ1n) is 6.61. The molecule has 2 nitrogen and oxygen atoms in total. The molecule has 1 aliphatic carbocycles. The van der Waals surface area contributed by atoms with Crippen molar-refractivity contribution in [3.05, 3.63) is 58.5 Å². The number of carboxylic acid groups (broad SMARTS) is 1. The van der Waals surface area contributed by atoms with Crippen molar-refractivity contribution in [1.29, 1.82) is 0 Å². The summed E-state index contributed by atoms with van der Waals surface area (Å²) < 4.78 is 0. The van der Waals surface area contributed by atoms with Crippen LogP contribution in [-0.2, 0) is 12.8 Å². The molecule has 0 spiro atoms. The molecule has 1 aliphatic rings. The summed E-state index contributed by atoms with van der Waals surface area (Å²) in [5.41, 5.74) is 3.74. The second-order valence-electron chi connectivity index (χ2n) is 5.08. The summed E-state index contributed by atoms with van der Waals surface area (Å²) in [5.74, 6) is -0.827. The lowest BCUT2D eigenvalue weighted by Crippen LogP contribution is -2.01. The highest BCUT2D eigenvalue weighted by molar-refractivity contribution is 7.17. The van der Waals surface area contributed by atoms with Crippen LogP contribution in [0.3, 0.4) is 0 Å². The Morgan fingerprint density at radius 1 is 1.10 bits per heavy atom. The zero-order valence-corrected chi connectivity index (χ0v) is 11.5. The van der Waals surface area contributed by atoms with Crippen LogP contribution in [0.1, 0.15) is 20.8 Å². The summed E-state index contributed by atoms with van der Waals surface area (Å²) in [5, 5.41) is 11.7. The zero-order chi connectivity index (χ0) is 13.7. The highest BCUT2D eigenvalue weighted by atomic mass is 32.1. The molecule has 4 rings (SSSR count). The third-order valence-corrected chi connectivity index (χ3v) is 5.15. The number of aryl methyl sites for hydroxylation is 2. The molecule has 0 atom stereocenters. The molecule has 0 saturated heterocycles. The molecule has 0 fully saturated rings. The van der Waals surface area contributed by atoms with Crippen LogP contribution in [-0.4, -0.2) is 11.1 Å². The Kier molecular flexibility index (Phi) is 2.44. The van der Waals surface area contributed by atoms with Crippen molar-refractivity contribution in [2.75, 3.05) is 0 Å². The molecule has 0 amide bonds. The molecular formula is C17H12O2S. The first-order valence-corrected chi connectivity index (χ1v) is 7.42. The number of hydrogen-bond donors (Lipinski definition) is 1. The third-order valence-electron chi connectivity index (χ3n) is 3.95. The average Bonchev–Trinajstić information content (AvgIpc) is 2.91. The van der Waals surface area contributed by atoms with Crippen LogP contribution in [0.5, 0.6) is 0 Å². The second-order valence-corrected chi connectivity index (χ2v) is 6.14. The zero-order valence-electron chi connectivity index (χ0n) is 10.7. The fraction of sp³-hybridized carbons (Fsp3) is 0.118. The van der Waals surface area contributed by atoms with Crippen LogP contribution >= 0.6 is 11.3 Å². The van der Waals surface area contributed by atoms with Gasteiger partial charge in [-0.25, -0.2) is 4.79 Å².